The molecular formula is C13H20N2. The van der Waals surface area contributed by atoms with Crippen molar-refractivity contribution in [1.29, 1.82) is 0 Å². The molecule has 0 bridgehead atoms. The second-order valence-corrected chi connectivity index (χ2v) is 3.90. The Morgan fingerprint density at radius 3 is 2.93 bits per heavy atom. The minimum Gasteiger partial charge on any atom is -0.311 e. The first-order chi connectivity index (χ1) is 7.15. The Balaban J connectivity index is 2.82. The number of nitrogens with one attached hydrogen (secondary N) is 1. The third-order valence-corrected chi connectivity index (χ3v) is 2.66. The fourth-order valence-corrected chi connectivity index (χ4v) is 1.46. The smallest absolute Gasteiger partial charge is 0.0342 e. The van der Waals surface area contributed by atoms with Crippen molar-refractivity contribution in [2.24, 2.45) is 0 Å². The number of hydrogen-bond acceptors (Lipinski definition) is 2. The topological polar surface area (TPSA) is 24.9 Å². The van der Waals surface area contributed by atoms with E-state index in [-0.39, 0.29) is 0 Å². The molecule has 0 amide bonds. The first-order valence-electron chi connectivity index (χ1n) is 5.47. The third kappa shape index (κ3) is 3.48. The van der Waals surface area contributed by atoms with E-state index in [1.807, 2.05) is 18.5 Å². The SMILES string of the molecule is CCNC(C)/C(C)=C/c1cnccc1C. The standard InChI is InChI=1S/C13H20N2/c1-5-15-12(4)11(3)8-13-9-14-7-6-10(13)2/h6-9,12,15H,5H2,1-4H3/b11-8+. The molecule has 1 aromatic rings. The van der Waals surface area contributed by atoms with Gasteiger partial charge in [0.15, 0.2) is 0 Å². The number of aromatic nitrogens is 1. The summed E-state index contributed by atoms with van der Waals surface area (Å²) in [6.07, 6.45) is 5.95. The number of aryl methyl sites for hydroxylation is 1. The average molecular weight is 204 g/mol. The van der Waals surface area contributed by atoms with E-state index < -0.39 is 0 Å². The van der Waals surface area contributed by atoms with Gasteiger partial charge in [0.05, 0.1) is 0 Å². The molecular weight excluding hydrogens is 184 g/mol. The van der Waals surface area contributed by atoms with Gasteiger partial charge in [-0.2, -0.15) is 0 Å². The summed E-state index contributed by atoms with van der Waals surface area (Å²) >= 11 is 0. The molecule has 1 atom stereocenters. The van der Waals surface area contributed by atoms with Crippen LogP contribution < -0.4 is 5.32 Å². The summed E-state index contributed by atoms with van der Waals surface area (Å²) in [5.41, 5.74) is 3.82. The maximum atomic E-state index is 4.14. The zero-order chi connectivity index (χ0) is 11.3. The molecule has 0 radical (unpaired) electrons. The Morgan fingerprint density at radius 1 is 1.60 bits per heavy atom. The van der Waals surface area contributed by atoms with E-state index in [1.54, 1.807) is 0 Å². The molecule has 0 spiro atoms. The van der Waals surface area contributed by atoms with Crippen molar-refractivity contribution >= 4 is 6.08 Å². The molecule has 0 aromatic carbocycles. The van der Waals surface area contributed by atoms with Crippen LogP contribution in [0.5, 0.6) is 0 Å². The van der Waals surface area contributed by atoms with Gasteiger partial charge in [-0.25, -0.2) is 0 Å². The lowest BCUT2D eigenvalue weighted by atomic mass is 10.1. The highest BCUT2D eigenvalue weighted by Gasteiger charge is 2.02. The fraction of sp³-hybridized carbons (Fsp3) is 0.462. The van der Waals surface area contributed by atoms with E-state index in [4.69, 9.17) is 0 Å². The summed E-state index contributed by atoms with van der Waals surface area (Å²) < 4.78 is 0. The van der Waals surface area contributed by atoms with E-state index in [0.29, 0.717) is 6.04 Å². The predicted octanol–water partition coefficient (Wildman–Crippen LogP) is 2.79. The summed E-state index contributed by atoms with van der Waals surface area (Å²) in [7, 11) is 0. The van der Waals surface area contributed by atoms with Crippen molar-refractivity contribution in [2.45, 2.75) is 33.7 Å². The van der Waals surface area contributed by atoms with Gasteiger partial charge in [0.2, 0.25) is 0 Å². The highest BCUT2D eigenvalue weighted by molar-refractivity contribution is 5.55. The molecule has 0 saturated carbocycles. The molecule has 0 aliphatic carbocycles. The summed E-state index contributed by atoms with van der Waals surface area (Å²) in [6, 6.07) is 2.46. The molecule has 0 aliphatic heterocycles. The van der Waals surface area contributed by atoms with E-state index in [1.165, 1.54) is 16.7 Å². The van der Waals surface area contributed by atoms with Gasteiger partial charge < -0.3 is 5.32 Å². The van der Waals surface area contributed by atoms with Crippen molar-refractivity contribution in [3.05, 3.63) is 35.2 Å². The van der Waals surface area contributed by atoms with Gasteiger partial charge in [0, 0.05) is 18.4 Å². The summed E-state index contributed by atoms with van der Waals surface area (Å²) in [6.45, 7) is 9.57. The third-order valence-electron chi connectivity index (χ3n) is 2.66. The summed E-state index contributed by atoms with van der Waals surface area (Å²) in [5.74, 6) is 0. The van der Waals surface area contributed by atoms with E-state index in [0.717, 1.165) is 6.54 Å². The monoisotopic (exact) mass is 204 g/mol. The highest BCUT2D eigenvalue weighted by atomic mass is 14.9. The maximum Gasteiger partial charge on any atom is 0.0342 e. The molecule has 15 heavy (non-hydrogen) atoms. The normalized spacial score (nSPS) is 14.0. The Kier molecular flexibility index (Phi) is 4.50. The van der Waals surface area contributed by atoms with Crippen LogP contribution in [0.1, 0.15) is 31.9 Å². The van der Waals surface area contributed by atoms with E-state index in [2.05, 4.69) is 44.1 Å². The Labute approximate surface area is 92.4 Å². The number of nitrogens with zero attached hydrogens (tertiary/aromatic N) is 1. The van der Waals surface area contributed by atoms with Crippen LogP contribution in [0.3, 0.4) is 0 Å². The van der Waals surface area contributed by atoms with Crippen molar-refractivity contribution in [3.63, 3.8) is 0 Å². The first kappa shape index (κ1) is 11.9. The van der Waals surface area contributed by atoms with Crippen molar-refractivity contribution in [1.82, 2.24) is 10.3 Å². The minimum absolute atomic E-state index is 0.426. The molecule has 1 heterocycles. The zero-order valence-corrected chi connectivity index (χ0v) is 10.0. The van der Waals surface area contributed by atoms with Gasteiger partial charge >= 0.3 is 0 Å². The van der Waals surface area contributed by atoms with E-state index in [9.17, 15) is 0 Å². The van der Waals surface area contributed by atoms with Gasteiger partial charge in [-0.1, -0.05) is 18.6 Å². The lowest BCUT2D eigenvalue weighted by Gasteiger charge is -2.13. The van der Waals surface area contributed by atoms with Crippen LogP contribution in [0.4, 0.5) is 0 Å². The number of rotatable bonds is 4. The molecule has 2 heteroatoms. The molecule has 0 aliphatic rings. The van der Waals surface area contributed by atoms with Gasteiger partial charge in [-0.15, -0.1) is 0 Å². The van der Waals surface area contributed by atoms with Crippen LogP contribution in [0.2, 0.25) is 0 Å². The van der Waals surface area contributed by atoms with Crippen LogP contribution in [0.25, 0.3) is 6.08 Å². The molecule has 82 valence electrons. The molecule has 2 nitrogen and oxygen atoms in total. The minimum atomic E-state index is 0.426. The molecule has 0 saturated heterocycles. The van der Waals surface area contributed by atoms with E-state index >= 15 is 0 Å². The Hall–Kier alpha value is -1.15. The van der Waals surface area contributed by atoms with Crippen LogP contribution in [0.15, 0.2) is 24.0 Å². The number of pyridine rings is 1. The van der Waals surface area contributed by atoms with Crippen molar-refractivity contribution < 1.29 is 0 Å². The van der Waals surface area contributed by atoms with Crippen LogP contribution >= 0.6 is 0 Å². The summed E-state index contributed by atoms with van der Waals surface area (Å²) in [5, 5.41) is 3.40. The van der Waals surface area contributed by atoms with Crippen LogP contribution in [0, 0.1) is 6.92 Å². The average Bonchev–Trinajstić information content (AvgIpc) is 2.21. The number of likely N-dealkylation sites (N-methyl/N-ethyl adjacent to an activating group) is 1. The molecule has 1 rings (SSSR count). The first-order valence-corrected chi connectivity index (χ1v) is 5.47. The largest absolute Gasteiger partial charge is 0.311 e. The van der Waals surface area contributed by atoms with Crippen molar-refractivity contribution in [3.8, 4) is 0 Å². The van der Waals surface area contributed by atoms with Gasteiger partial charge in [0.1, 0.15) is 0 Å². The molecule has 1 aromatic heterocycles. The Bertz CT molecular complexity index is 342. The quantitative estimate of drug-likeness (QED) is 0.815. The molecule has 1 N–H and O–H groups in total. The second kappa shape index (κ2) is 5.66. The highest BCUT2D eigenvalue weighted by Crippen LogP contribution is 2.12. The van der Waals surface area contributed by atoms with Crippen LogP contribution in [-0.2, 0) is 0 Å². The Morgan fingerprint density at radius 2 is 2.33 bits per heavy atom. The van der Waals surface area contributed by atoms with Gasteiger partial charge in [0.25, 0.3) is 0 Å². The lowest BCUT2D eigenvalue weighted by molar-refractivity contribution is 0.636. The van der Waals surface area contributed by atoms with Gasteiger partial charge in [-0.3, -0.25) is 4.98 Å². The van der Waals surface area contributed by atoms with Crippen LogP contribution in [-0.4, -0.2) is 17.6 Å². The maximum absolute atomic E-state index is 4.14. The lowest BCUT2D eigenvalue weighted by Crippen LogP contribution is -2.26. The molecule has 0 fully saturated rings. The molecule has 1 unspecified atom stereocenters. The fourth-order valence-electron chi connectivity index (χ4n) is 1.46. The predicted molar refractivity (Wildman–Crippen MR) is 65.8 cm³/mol. The second-order valence-electron chi connectivity index (χ2n) is 3.90. The summed E-state index contributed by atoms with van der Waals surface area (Å²) in [4.78, 5) is 4.14. The van der Waals surface area contributed by atoms with Crippen molar-refractivity contribution in [2.75, 3.05) is 6.54 Å². The number of hydrogen-bond donors (Lipinski definition) is 1. The van der Waals surface area contributed by atoms with Gasteiger partial charge in [-0.05, 0) is 44.5 Å². The zero-order valence-electron chi connectivity index (χ0n) is 10.0.